The van der Waals surface area contributed by atoms with Gasteiger partial charge in [0.15, 0.2) is 0 Å². The van der Waals surface area contributed by atoms with E-state index in [0.29, 0.717) is 0 Å². The van der Waals surface area contributed by atoms with Crippen molar-refractivity contribution in [2.24, 2.45) is 0 Å². The van der Waals surface area contributed by atoms with Gasteiger partial charge in [-0.05, 0) is 12.1 Å². The van der Waals surface area contributed by atoms with Crippen molar-refractivity contribution in [3.8, 4) is 0 Å². The summed E-state index contributed by atoms with van der Waals surface area (Å²) in [6.45, 7) is 0. The molecule has 2 heterocycles. The van der Waals surface area contributed by atoms with Gasteiger partial charge in [0, 0.05) is 23.7 Å². The van der Waals surface area contributed by atoms with Crippen molar-refractivity contribution in [2.45, 2.75) is 0 Å². The molecule has 1 aliphatic rings. The van der Waals surface area contributed by atoms with Crippen molar-refractivity contribution >= 4 is 22.7 Å². The number of hydrogen-bond donors (Lipinski definition) is 1. The molecule has 0 spiro atoms. The summed E-state index contributed by atoms with van der Waals surface area (Å²) in [5.41, 5.74) is 3.66. The molecule has 3 rings (SSSR count). The summed E-state index contributed by atoms with van der Waals surface area (Å²) in [6, 6.07) is 8.28. The average molecular weight is 169 g/mol. The van der Waals surface area contributed by atoms with E-state index in [9.17, 15) is 0 Å². The van der Waals surface area contributed by atoms with Crippen molar-refractivity contribution in [2.75, 3.05) is 0 Å². The van der Waals surface area contributed by atoms with Gasteiger partial charge < -0.3 is 0 Å². The number of quaternary nitrogens is 1. The monoisotopic (exact) mass is 169 g/mol. The van der Waals surface area contributed by atoms with Crippen LogP contribution in [0.1, 0.15) is 5.56 Å². The molecule has 0 radical (unpaired) electrons. The van der Waals surface area contributed by atoms with Gasteiger partial charge in [-0.15, -0.1) is 0 Å². The van der Waals surface area contributed by atoms with Crippen LogP contribution >= 0.6 is 0 Å². The van der Waals surface area contributed by atoms with Crippen molar-refractivity contribution < 1.29 is 5.32 Å². The number of benzene rings is 1. The molecule has 0 amide bonds. The minimum absolute atomic E-state index is 1.07. The van der Waals surface area contributed by atoms with Gasteiger partial charge in [0.2, 0.25) is 0 Å². The summed E-state index contributed by atoms with van der Waals surface area (Å²) >= 11 is 0. The molecule has 2 N–H and O–H groups in total. The molecule has 0 aliphatic carbocycles. The second-order valence-corrected chi connectivity index (χ2v) is 3.16. The number of pyridine rings is 1. The SMILES string of the molecule is C1=Cc2c(ccc3ncccc23)[NH2+]1. The van der Waals surface area contributed by atoms with E-state index in [1.807, 2.05) is 12.3 Å². The maximum atomic E-state index is 4.31. The molecule has 2 heteroatoms. The topological polar surface area (TPSA) is 29.5 Å². The van der Waals surface area contributed by atoms with Gasteiger partial charge >= 0.3 is 0 Å². The largest absolute Gasteiger partial charge is 0.287 e. The van der Waals surface area contributed by atoms with Crippen LogP contribution in [0.3, 0.4) is 0 Å². The van der Waals surface area contributed by atoms with Gasteiger partial charge in [-0.2, -0.15) is 0 Å². The smallest absolute Gasteiger partial charge is 0.142 e. The number of aromatic nitrogens is 1. The van der Waals surface area contributed by atoms with Crippen molar-refractivity contribution in [3.05, 3.63) is 42.2 Å². The molecule has 2 nitrogen and oxygen atoms in total. The Kier molecular flexibility index (Phi) is 1.26. The molecule has 62 valence electrons. The third-order valence-electron chi connectivity index (χ3n) is 2.40. The summed E-state index contributed by atoms with van der Waals surface area (Å²) in [4.78, 5) is 4.31. The maximum Gasteiger partial charge on any atom is 0.142 e. The number of hydrogen-bond acceptors (Lipinski definition) is 1. The lowest BCUT2D eigenvalue weighted by Gasteiger charge is -1.99. The molecule has 0 bridgehead atoms. The first kappa shape index (κ1) is 6.80. The molecule has 0 unspecified atom stereocenters. The van der Waals surface area contributed by atoms with Crippen molar-refractivity contribution in [1.82, 2.24) is 4.98 Å². The zero-order valence-corrected chi connectivity index (χ0v) is 7.07. The third kappa shape index (κ3) is 0.893. The van der Waals surface area contributed by atoms with Crippen LogP contribution in [0.2, 0.25) is 0 Å². The standard InChI is InChI=1S/C11H8N2/c1-2-8-9-5-7-13-11(9)4-3-10(8)12-6-1/h1-7,13H/p+1. The highest BCUT2D eigenvalue weighted by molar-refractivity contribution is 5.92. The van der Waals surface area contributed by atoms with Crippen LogP contribution in [-0.2, 0) is 0 Å². The molecule has 0 fully saturated rings. The minimum atomic E-state index is 1.07. The summed E-state index contributed by atoms with van der Waals surface area (Å²) in [6.07, 6.45) is 6.05. The van der Waals surface area contributed by atoms with E-state index in [1.54, 1.807) is 0 Å². The van der Waals surface area contributed by atoms with Crippen LogP contribution in [0, 0.1) is 0 Å². The highest BCUT2D eigenvalue weighted by Gasteiger charge is 2.12. The molecular formula is C11H9N2+. The fourth-order valence-electron chi connectivity index (χ4n) is 1.77. The van der Waals surface area contributed by atoms with E-state index < -0.39 is 0 Å². The van der Waals surface area contributed by atoms with E-state index in [1.165, 1.54) is 16.6 Å². The Bertz CT molecular complexity index is 500. The molecule has 2 aromatic rings. The summed E-state index contributed by atoms with van der Waals surface area (Å²) in [5.74, 6) is 0. The first-order chi connectivity index (χ1) is 6.45. The van der Waals surface area contributed by atoms with E-state index >= 15 is 0 Å². The summed E-state index contributed by atoms with van der Waals surface area (Å²) < 4.78 is 0. The fraction of sp³-hybridized carbons (Fsp3) is 0. The second kappa shape index (κ2) is 2.41. The van der Waals surface area contributed by atoms with Crippen LogP contribution in [0.4, 0.5) is 5.69 Å². The van der Waals surface area contributed by atoms with Gasteiger partial charge in [0.25, 0.3) is 0 Å². The Labute approximate surface area is 75.9 Å². The average Bonchev–Trinajstić information content (AvgIpc) is 2.65. The lowest BCUT2D eigenvalue weighted by molar-refractivity contribution is -0.491. The number of nitrogens with zero attached hydrogens (tertiary/aromatic N) is 1. The van der Waals surface area contributed by atoms with E-state index in [-0.39, 0.29) is 0 Å². The molecule has 0 atom stereocenters. The molecule has 1 aromatic carbocycles. The van der Waals surface area contributed by atoms with Crippen LogP contribution in [-0.4, -0.2) is 4.98 Å². The van der Waals surface area contributed by atoms with E-state index in [2.05, 4.69) is 40.8 Å². The quantitative estimate of drug-likeness (QED) is 0.594. The zero-order valence-electron chi connectivity index (χ0n) is 7.07. The van der Waals surface area contributed by atoms with Gasteiger partial charge in [0.1, 0.15) is 5.69 Å². The highest BCUT2D eigenvalue weighted by atomic mass is 14.9. The fourth-order valence-corrected chi connectivity index (χ4v) is 1.77. The van der Waals surface area contributed by atoms with E-state index in [0.717, 1.165) is 5.52 Å². The molecular weight excluding hydrogens is 160 g/mol. The minimum Gasteiger partial charge on any atom is -0.287 e. The van der Waals surface area contributed by atoms with Crippen LogP contribution in [0.25, 0.3) is 17.0 Å². The lowest BCUT2D eigenvalue weighted by Crippen LogP contribution is -2.69. The number of fused-ring (bicyclic) bond motifs is 3. The summed E-state index contributed by atoms with van der Waals surface area (Å²) in [5, 5.41) is 3.37. The van der Waals surface area contributed by atoms with Crippen LogP contribution < -0.4 is 5.32 Å². The Hall–Kier alpha value is -1.67. The Morgan fingerprint density at radius 2 is 2.15 bits per heavy atom. The Balaban J connectivity index is 2.49. The number of nitrogens with two attached hydrogens (primary N) is 1. The third-order valence-corrected chi connectivity index (χ3v) is 2.40. The highest BCUT2D eigenvalue weighted by Crippen LogP contribution is 2.24. The van der Waals surface area contributed by atoms with Gasteiger partial charge in [-0.1, -0.05) is 6.07 Å². The molecule has 0 saturated heterocycles. The predicted octanol–water partition coefficient (Wildman–Crippen LogP) is 1.41. The summed E-state index contributed by atoms with van der Waals surface area (Å²) in [7, 11) is 0. The molecule has 1 aromatic heterocycles. The number of rotatable bonds is 0. The van der Waals surface area contributed by atoms with Gasteiger partial charge in [-0.3, -0.25) is 10.3 Å². The Morgan fingerprint density at radius 1 is 1.15 bits per heavy atom. The second-order valence-electron chi connectivity index (χ2n) is 3.16. The van der Waals surface area contributed by atoms with Crippen LogP contribution in [0.15, 0.2) is 36.7 Å². The van der Waals surface area contributed by atoms with Crippen molar-refractivity contribution in [3.63, 3.8) is 0 Å². The normalized spacial score (nSPS) is 13.5. The van der Waals surface area contributed by atoms with Crippen molar-refractivity contribution in [1.29, 1.82) is 0 Å². The first-order valence-corrected chi connectivity index (χ1v) is 4.34. The molecule has 1 aliphatic heterocycles. The first-order valence-electron chi connectivity index (χ1n) is 4.34. The predicted molar refractivity (Wildman–Crippen MR) is 52.4 cm³/mol. The van der Waals surface area contributed by atoms with E-state index in [4.69, 9.17) is 0 Å². The zero-order chi connectivity index (χ0) is 8.67. The van der Waals surface area contributed by atoms with Gasteiger partial charge in [-0.25, -0.2) is 0 Å². The van der Waals surface area contributed by atoms with Gasteiger partial charge in [0.05, 0.1) is 17.3 Å². The molecule has 13 heavy (non-hydrogen) atoms. The molecule has 0 saturated carbocycles. The lowest BCUT2D eigenvalue weighted by atomic mass is 10.1. The Morgan fingerprint density at radius 3 is 3.15 bits per heavy atom. The maximum absolute atomic E-state index is 4.31. The van der Waals surface area contributed by atoms with Crippen LogP contribution in [0.5, 0.6) is 0 Å².